The van der Waals surface area contributed by atoms with Crippen LogP contribution in [-0.4, -0.2) is 53.2 Å². The first-order valence-corrected chi connectivity index (χ1v) is 12.4. The van der Waals surface area contributed by atoms with E-state index in [-0.39, 0.29) is 39.8 Å². The van der Waals surface area contributed by atoms with Gasteiger partial charge < -0.3 is 15.5 Å². The second-order valence-corrected chi connectivity index (χ2v) is 9.05. The zero-order valence-corrected chi connectivity index (χ0v) is 23.2. The minimum absolute atomic E-state index is 0.0454. The van der Waals surface area contributed by atoms with Gasteiger partial charge in [0.05, 0.1) is 28.2 Å². The van der Waals surface area contributed by atoms with Gasteiger partial charge >= 0.3 is 0 Å². The van der Waals surface area contributed by atoms with Crippen molar-refractivity contribution in [3.8, 4) is 6.07 Å². The van der Waals surface area contributed by atoms with Crippen molar-refractivity contribution in [2.75, 3.05) is 20.0 Å². The molecule has 0 aliphatic heterocycles. The number of nitrogens with one attached hydrogen (secondary N) is 3. The number of hydrogen-bond acceptors (Lipinski definition) is 6. The van der Waals surface area contributed by atoms with E-state index in [2.05, 4.69) is 44.5 Å². The molecule has 0 radical (unpaired) electrons. The molecule has 0 saturated carbocycles. The fourth-order valence-electron chi connectivity index (χ4n) is 2.88. The Morgan fingerprint density at radius 1 is 1.32 bits per heavy atom. The average Bonchev–Trinajstić information content (AvgIpc) is 2.80. The van der Waals surface area contributed by atoms with Gasteiger partial charge in [-0.2, -0.15) is 5.26 Å². The SMILES string of the molecule is CCCCC=CN(C)C(CCl)N=C(CC(=N)Br)C(=O)NC(C(C)=CC(C)C#N)=C(C)C(=O)NC. The van der Waals surface area contributed by atoms with Gasteiger partial charge in [0.25, 0.3) is 5.91 Å². The van der Waals surface area contributed by atoms with Crippen LogP contribution in [0.1, 0.15) is 53.4 Å². The normalized spacial score (nSPS) is 14.7. The molecular formula is C24H36BrClN6O2. The van der Waals surface area contributed by atoms with E-state index in [0.29, 0.717) is 5.57 Å². The number of nitrogens with zero attached hydrogens (tertiary/aromatic N) is 3. The van der Waals surface area contributed by atoms with Gasteiger partial charge in [-0.05, 0) is 54.9 Å². The number of halogens is 2. The van der Waals surface area contributed by atoms with E-state index in [1.165, 1.54) is 7.05 Å². The Hall–Kier alpha value is -2.44. The molecule has 0 rings (SSSR count). The standard InChI is InChI=1S/C24H36BrClN6O2/c1-7-8-9-10-11-32(6)21(14-26)30-19(13-20(25)28)24(34)31-22(18(4)23(33)29-5)17(3)12-16(2)15-27/h10-12,16,21,28H,7-9,13-14H2,1-6H3,(H,29,33)(H,31,34). The predicted octanol–water partition coefficient (Wildman–Crippen LogP) is 4.63. The molecule has 0 aromatic rings. The number of amides is 2. The zero-order valence-electron chi connectivity index (χ0n) is 20.8. The van der Waals surface area contributed by atoms with Crippen molar-refractivity contribution in [3.05, 3.63) is 35.2 Å². The zero-order chi connectivity index (χ0) is 26.3. The van der Waals surface area contributed by atoms with Crippen molar-refractivity contribution in [1.29, 1.82) is 10.7 Å². The van der Waals surface area contributed by atoms with Gasteiger partial charge in [-0.15, -0.1) is 11.6 Å². The second kappa shape index (κ2) is 17.1. The third kappa shape index (κ3) is 11.6. The number of rotatable bonds is 14. The summed E-state index contributed by atoms with van der Waals surface area (Å²) in [6.07, 6.45) is 8.12. The summed E-state index contributed by atoms with van der Waals surface area (Å²) in [7, 11) is 3.32. The quantitative estimate of drug-likeness (QED) is 0.0951. The number of carbonyl (C=O) groups is 2. The molecule has 2 amide bonds. The highest BCUT2D eigenvalue weighted by molar-refractivity contribution is 9.18. The lowest BCUT2D eigenvalue weighted by Crippen LogP contribution is -2.37. The smallest absolute Gasteiger partial charge is 0.270 e. The molecular weight excluding hydrogens is 520 g/mol. The maximum Gasteiger partial charge on any atom is 0.270 e. The lowest BCUT2D eigenvalue weighted by molar-refractivity contribution is -0.117. The van der Waals surface area contributed by atoms with E-state index in [1.807, 2.05) is 24.2 Å². The minimum Gasteiger partial charge on any atom is -0.358 e. The minimum atomic E-state index is -0.557. The number of likely N-dealkylation sites (N-methyl/N-ethyl adjacent to an activating group) is 1. The Labute approximate surface area is 216 Å². The summed E-state index contributed by atoms with van der Waals surface area (Å²) in [5.74, 6) is -1.20. The fraction of sp³-hybridized carbons (Fsp3) is 0.542. The Morgan fingerprint density at radius 2 is 1.97 bits per heavy atom. The first-order valence-electron chi connectivity index (χ1n) is 11.1. The van der Waals surface area contributed by atoms with Crippen LogP contribution in [0.3, 0.4) is 0 Å². The molecule has 2 atom stereocenters. The molecule has 0 aliphatic carbocycles. The number of alkyl halides is 1. The summed E-state index contributed by atoms with van der Waals surface area (Å²) in [4.78, 5) is 31.9. The lowest BCUT2D eigenvalue weighted by Gasteiger charge is -2.23. The molecule has 0 heterocycles. The number of unbranched alkanes of at least 4 members (excludes halogenated alkanes) is 2. The predicted molar refractivity (Wildman–Crippen MR) is 143 cm³/mol. The maximum atomic E-state index is 13.2. The molecule has 2 unspecified atom stereocenters. The van der Waals surface area contributed by atoms with Crippen molar-refractivity contribution in [1.82, 2.24) is 15.5 Å². The molecule has 8 nitrogen and oxygen atoms in total. The summed E-state index contributed by atoms with van der Waals surface area (Å²) in [6, 6.07) is 2.11. The number of aliphatic imine (C=N–C) groups is 1. The Morgan fingerprint density at radius 3 is 2.47 bits per heavy atom. The van der Waals surface area contributed by atoms with Crippen LogP contribution in [0.2, 0.25) is 0 Å². The van der Waals surface area contributed by atoms with Gasteiger partial charge in [0, 0.05) is 26.1 Å². The first kappa shape index (κ1) is 31.6. The van der Waals surface area contributed by atoms with Crippen molar-refractivity contribution < 1.29 is 9.59 Å². The van der Waals surface area contributed by atoms with Crippen molar-refractivity contribution in [2.24, 2.45) is 10.9 Å². The molecule has 0 saturated heterocycles. The van der Waals surface area contributed by atoms with Crippen molar-refractivity contribution in [2.45, 2.75) is 59.5 Å². The van der Waals surface area contributed by atoms with Crippen LogP contribution in [0.5, 0.6) is 0 Å². The monoisotopic (exact) mass is 554 g/mol. The van der Waals surface area contributed by atoms with Crippen LogP contribution >= 0.6 is 27.5 Å². The highest BCUT2D eigenvalue weighted by atomic mass is 79.9. The van der Waals surface area contributed by atoms with Crippen molar-refractivity contribution >= 4 is 49.7 Å². The van der Waals surface area contributed by atoms with Gasteiger partial charge in [-0.3, -0.25) is 20.0 Å². The molecule has 188 valence electrons. The van der Waals surface area contributed by atoms with Gasteiger partial charge in [0.2, 0.25) is 5.91 Å². The summed E-state index contributed by atoms with van der Waals surface area (Å²) in [5, 5.41) is 22.3. The van der Waals surface area contributed by atoms with E-state index in [1.54, 1.807) is 26.8 Å². The highest BCUT2D eigenvalue weighted by Crippen LogP contribution is 2.16. The molecule has 0 aliphatic rings. The molecule has 3 N–H and O–H groups in total. The maximum absolute atomic E-state index is 13.2. The van der Waals surface area contributed by atoms with Gasteiger partial charge in [0.15, 0.2) is 0 Å². The molecule has 0 spiro atoms. The average molecular weight is 556 g/mol. The van der Waals surface area contributed by atoms with Gasteiger partial charge in [-0.25, -0.2) is 0 Å². The second-order valence-electron chi connectivity index (χ2n) is 7.79. The molecule has 34 heavy (non-hydrogen) atoms. The van der Waals surface area contributed by atoms with Crippen LogP contribution in [0.4, 0.5) is 0 Å². The Bertz CT molecular complexity index is 888. The van der Waals surface area contributed by atoms with Crippen LogP contribution in [0.15, 0.2) is 40.2 Å². The Balaban J connectivity index is 6.19. The first-order chi connectivity index (χ1) is 16.0. The molecule has 0 bridgehead atoms. The van der Waals surface area contributed by atoms with Gasteiger partial charge in [0.1, 0.15) is 11.9 Å². The van der Waals surface area contributed by atoms with E-state index < -0.39 is 18.0 Å². The lowest BCUT2D eigenvalue weighted by atomic mass is 10.0. The number of hydrogen-bond donors (Lipinski definition) is 3. The fourth-order valence-corrected chi connectivity index (χ4v) is 3.43. The molecule has 0 aromatic heterocycles. The summed E-state index contributed by atoms with van der Waals surface area (Å²) >= 11 is 9.24. The van der Waals surface area contributed by atoms with E-state index in [9.17, 15) is 9.59 Å². The molecule has 10 heteroatoms. The largest absolute Gasteiger partial charge is 0.358 e. The van der Waals surface area contributed by atoms with Crippen LogP contribution < -0.4 is 10.6 Å². The van der Waals surface area contributed by atoms with Crippen LogP contribution in [0.25, 0.3) is 0 Å². The van der Waals surface area contributed by atoms with E-state index in [4.69, 9.17) is 22.3 Å². The summed E-state index contributed by atoms with van der Waals surface area (Å²) < 4.78 is 0.0785. The van der Waals surface area contributed by atoms with Crippen LogP contribution in [-0.2, 0) is 9.59 Å². The number of carbonyl (C=O) groups excluding carboxylic acids is 2. The Kier molecular flexibility index (Phi) is 15.8. The third-order valence-corrected chi connectivity index (χ3v) is 5.40. The van der Waals surface area contributed by atoms with Crippen LogP contribution in [0, 0.1) is 22.7 Å². The number of nitriles is 1. The van der Waals surface area contributed by atoms with E-state index >= 15 is 0 Å². The topological polar surface area (TPSA) is 121 Å². The molecule has 0 fully saturated rings. The van der Waals surface area contributed by atoms with E-state index in [0.717, 1.165) is 19.3 Å². The van der Waals surface area contributed by atoms with Gasteiger partial charge in [-0.1, -0.05) is 31.9 Å². The third-order valence-electron chi connectivity index (χ3n) is 4.84. The summed E-state index contributed by atoms with van der Waals surface area (Å²) in [5.41, 5.74) is 1.23. The van der Waals surface area contributed by atoms with Crippen molar-refractivity contribution in [3.63, 3.8) is 0 Å². The highest BCUT2D eigenvalue weighted by Gasteiger charge is 2.21. The number of allylic oxidation sites excluding steroid dienone is 3. The molecule has 0 aromatic carbocycles. The summed E-state index contributed by atoms with van der Waals surface area (Å²) in [6.45, 7) is 7.14.